The van der Waals surface area contributed by atoms with Crippen molar-refractivity contribution in [3.63, 3.8) is 0 Å². The highest BCUT2D eigenvalue weighted by atomic mass is 35.5. The number of amides is 1. The Morgan fingerprint density at radius 3 is 2.28 bits per heavy atom. The predicted octanol–water partition coefficient (Wildman–Crippen LogP) is 2.90. The van der Waals surface area contributed by atoms with Crippen LogP contribution in [0.2, 0.25) is 0 Å². The number of nitrogens with one attached hydrogen (secondary N) is 1. The third-order valence-corrected chi connectivity index (χ3v) is 3.76. The fourth-order valence-corrected chi connectivity index (χ4v) is 2.30. The van der Waals surface area contributed by atoms with Crippen molar-refractivity contribution in [2.24, 2.45) is 11.5 Å². The molecule has 0 spiro atoms. The highest BCUT2D eigenvalue weighted by molar-refractivity contribution is 5.85. The summed E-state index contributed by atoms with van der Waals surface area (Å²) >= 11 is 0. The van der Waals surface area contributed by atoms with Gasteiger partial charge in [-0.15, -0.1) is 24.8 Å². The molecule has 5 N–H and O–H groups in total. The molecule has 25 heavy (non-hydrogen) atoms. The monoisotopic (exact) mass is 385 g/mol. The topological polar surface area (TPSA) is 90.4 Å². The van der Waals surface area contributed by atoms with Gasteiger partial charge < -0.3 is 21.5 Å². The van der Waals surface area contributed by atoms with Crippen LogP contribution in [0.4, 0.5) is 5.69 Å². The first-order valence-corrected chi connectivity index (χ1v) is 7.46. The zero-order valence-corrected chi connectivity index (χ0v) is 16.0. The lowest BCUT2D eigenvalue weighted by molar-refractivity contribution is -0.122. The molecule has 0 saturated carbocycles. The molecular formula is C18H25Cl2N3O2. The molecule has 5 nitrogen and oxygen atoms in total. The van der Waals surface area contributed by atoms with E-state index < -0.39 is 11.4 Å². The molecule has 0 aliphatic carbocycles. The average Bonchev–Trinajstić information content (AvgIpc) is 2.54. The Balaban J connectivity index is 0.00000288. The first-order chi connectivity index (χ1) is 10.9. The summed E-state index contributed by atoms with van der Waals surface area (Å²) in [5.41, 5.74) is 13.2. The first kappa shape index (κ1) is 23.1. The number of benzene rings is 2. The van der Waals surface area contributed by atoms with Gasteiger partial charge in [0.1, 0.15) is 5.75 Å². The summed E-state index contributed by atoms with van der Waals surface area (Å²) < 4.78 is 5.33. The van der Waals surface area contributed by atoms with Gasteiger partial charge in [0.25, 0.3) is 0 Å². The Bertz CT molecular complexity index is 676. The van der Waals surface area contributed by atoms with Gasteiger partial charge in [0, 0.05) is 17.8 Å². The van der Waals surface area contributed by atoms with E-state index in [1.165, 1.54) is 0 Å². The number of ether oxygens (including phenoxy) is 1. The van der Waals surface area contributed by atoms with Crippen LogP contribution < -0.4 is 21.5 Å². The number of hydrogen-bond acceptors (Lipinski definition) is 4. The molecule has 0 bridgehead atoms. The second kappa shape index (κ2) is 10.1. The number of methoxy groups -OCH3 is 1. The molecule has 0 saturated heterocycles. The molecule has 0 aliphatic rings. The average molecular weight is 386 g/mol. The summed E-state index contributed by atoms with van der Waals surface area (Å²) in [4.78, 5) is 11.3. The van der Waals surface area contributed by atoms with E-state index in [-0.39, 0.29) is 24.8 Å². The molecule has 1 unspecified atom stereocenters. The maximum atomic E-state index is 11.3. The number of nitrogens with two attached hydrogens (primary N) is 2. The fraction of sp³-hybridized carbons (Fsp3) is 0.278. The number of halogens is 2. The normalized spacial score (nSPS) is 12.1. The van der Waals surface area contributed by atoms with Crippen molar-refractivity contribution in [3.05, 3.63) is 59.7 Å². The van der Waals surface area contributed by atoms with E-state index in [2.05, 4.69) is 5.32 Å². The van der Waals surface area contributed by atoms with Gasteiger partial charge in [0.05, 0.1) is 12.6 Å². The number of hydrogen-bond donors (Lipinski definition) is 3. The summed E-state index contributed by atoms with van der Waals surface area (Å²) in [6.07, 6.45) is 0.412. The third-order valence-electron chi connectivity index (χ3n) is 3.76. The van der Waals surface area contributed by atoms with Gasteiger partial charge in [-0.25, -0.2) is 0 Å². The largest absolute Gasteiger partial charge is 0.496 e. The highest BCUT2D eigenvalue weighted by Gasteiger charge is 2.25. The van der Waals surface area contributed by atoms with Crippen LogP contribution >= 0.6 is 24.8 Å². The zero-order valence-electron chi connectivity index (χ0n) is 14.3. The van der Waals surface area contributed by atoms with Crippen LogP contribution in [0.1, 0.15) is 18.1 Å². The number of rotatable bonds is 7. The molecule has 1 atom stereocenters. The van der Waals surface area contributed by atoms with Crippen molar-refractivity contribution >= 4 is 36.4 Å². The molecule has 2 aromatic carbocycles. The lowest BCUT2D eigenvalue weighted by Gasteiger charge is -2.20. The Morgan fingerprint density at radius 2 is 1.72 bits per heavy atom. The maximum Gasteiger partial charge on any atom is 0.237 e. The standard InChI is InChI=1S/C18H23N3O2.2ClH/c1-18(20,17(19)22)11-13-7-9-15(10-8-13)21-12-14-5-3-4-6-16(14)23-2;;/h3-10,21H,11-12,20H2,1-2H3,(H2,19,22);2*1H. The minimum Gasteiger partial charge on any atom is -0.496 e. The van der Waals surface area contributed by atoms with E-state index in [0.717, 1.165) is 22.6 Å². The van der Waals surface area contributed by atoms with E-state index in [0.29, 0.717) is 13.0 Å². The van der Waals surface area contributed by atoms with Crippen LogP contribution in [0, 0.1) is 0 Å². The van der Waals surface area contributed by atoms with Gasteiger partial charge in [0.2, 0.25) is 5.91 Å². The van der Waals surface area contributed by atoms with Crippen molar-refractivity contribution in [2.75, 3.05) is 12.4 Å². The van der Waals surface area contributed by atoms with Gasteiger partial charge in [-0.05, 0) is 37.1 Å². The van der Waals surface area contributed by atoms with Gasteiger partial charge in [0.15, 0.2) is 0 Å². The van der Waals surface area contributed by atoms with Crippen LogP contribution in [0.3, 0.4) is 0 Å². The first-order valence-electron chi connectivity index (χ1n) is 7.46. The van der Waals surface area contributed by atoms with Crippen LogP contribution in [0.25, 0.3) is 0 Å². The van der Waals surface area contributed by atoms with Gasteiger partial charge >= 0.3 is 0 Å². The van der Waals surface area contributed by atoms with Gasteiger partial charge in [-0.3, -0.25) is 4.79 Å². The number of anilines is 1. The van der Waals surface area contributed by atoms with E-state index in [1.807, 2.05) is 48.5 Å². The molecule has 0 aromatic heterocycles. The number of carbonyl (C=O) groups excluding carboxylic acids is 1. The SMILES string of the molecule is COc1ccccc1CNc1ccc(CC(C)(N)C(N)=O)cc1.Cl.Cl. The second-order valence-electron chi connectivity index (χ2n) is 5.82. The minimum absolute atomic E-state index is 0. The van der Waals surface area contributed by atoms with Crippen LogP contribution in [0.5, 0.6) is 5.75 Å². The van der Waals surface area contributed by atoms with E-state index in [9.17, 15) is 4.79 Å². The van der Waals surface area contributed by atoms with Crippen molar-refractivity contribution in [1.82, 2.24) is 0 Å². The van der Waals surface area contributed by atoms with Gasteiger partial charge in [-0.2, -0.15) is 0 Å². The summed E-state index contributed by atoms with van der Waals surface area (Å²) in [6.45, 7) is 2.31. The third kappa shape index (κ3) is 6.46. The molecule has 2 aromatic rings. The minimum atomic E-state index is -1.04. The molecule has 138 valence electrons. The Hall–Kier alpha value is -1.95. The van der Waals surface area contributed by atoms with Crippen LogP contribution in [-0.4, -0.2) is 18.6 Å². The number of para-hydroxylation sites is 1. The summed E-state index contributed by atoms with van der Waals surface area (Å²) in [5, 5.41) is 3.35. The van der Waals surface area contributed by atoms with E-state index >= 15 is 0 Å². The van der Waals surface area contributed by atoms with E-state index in [1.54, 1.807) is 14.0 Å². The predicted molar refractivity (Wildman–Crippen MR) is 107 cm³/mol. The Kier molecular flexibility index (Phi) is 9.34. The molecule has 0 radical (unpaired) electrons. The molecule has 1 amide bonds. The Morgan fingerprint density at radius 1 is 1.12 bits per heavy atom. The van der Waals surface area contributed by atoms with Crippen LogP contribution in [-0.2, 0) is 17.8 Å². The maximum absolute atomic E-state index is 11.3. The smallest absolute Gasteiger partial charge is 0.237 e. The lowest BCUT2D eigenvalue weighted by atomic mass is 9.93. The molecule has 2 rings (SSSR count). The van der Waals surface area contributed by atoms with Crippen LogP contribution in [0.15, 0.2) is 48.5 Å². The van der Waals surface area contributed by atoms with Gasteiger partial charge in [-0.1, -0.05) is 30.3 Å². The lowest BCUT2D eigenvalue weighted by Crippen LogP contribution is -2.51. The molecule has 7 heteroatoms. The van der Waals surface area contributed by atoms with Crippen molar-refractivity contribution in [2.45, 2.75) is 25.4 Å². The summed E-state index contributed by atoms with van der Waals surface area (Å²) in [7, 11) is 1.66. The van der Waals surface area contributed by atoms with Crippen molar-refractivity contribution < 1.29 is 9.53 Å². The van der Waals surface area contributed by atoms with Crippen molar-refractivity contribution in [1.29, 1.82) is 0 Å². The highest BCUT2D eigenvalue weighted by Crippen LogP contribution is 2.20. The molecule has 0 heterocycles. The fourth-order valence-electron chi connectivity index (χ4n) is 2.30. The second-order valence-corrected chi connectivity index (χ2v) is 5.82. The summed E-state index contributed by atoms with van der Waals surface area (Å²) in [6, 6.07) is 15.7. The molecular weight excluding hydrogens is 361 g/mol. The quantitative estimate of drug-likeness (QED) is 0.683. The zero-order chi connectivity index (χ0) is 16.9. The summed E-state index contributed by atoms with van der Waals surface area (Å²) in [5.74, 6) is 0.354. The Labute approximate surface area is 160 Å². The molecule has 0 aliphatic heterocycles. The number of primary amides is 1. The number of carbonyl (C=O) groups is 1. The van der Waals surface area contributed by atoms with Crippen molar-refractivity contribution in [3.8, 4) is 5.75 Å². The molecule has 0 fully saturated rings. The van der Waals surface area contributed by atoms with E-state index in [4.69, 9.17) is 16.2 Å².